The van der Waals surface area contributed by atoms with Crippen molar-refractivity contribution in [2.75, 3.05) is 6.54 Å². The monoisotopic (exact) mass is 279 g/mol. The van der Waals surface area contributed by atoms with Gasteiger partial charge in [0.2, 0.25) is 0 Å². The minimum atomic E-state index is -0.550. The Labute approximate surface area is 120 Å². The topological polar surface area (TPSA) is 29.1 Å². The number of nitrogens with one attached hydrogen (secondary N) is 1. The fourth-order valence-electron chi connectivity index (χ4n) is 2.88. The van der Waals surface area contributed by atoms with Crippen LogP contribution in [0.2, 0.25) is 5.02 Å². The molecule has 1 aromatic rings. The van der Waals surface area contributed by atoms with Gasteiger partial charge in [0, 0.05) is 11.4 Å². The Hall–Kier alpha value is -0.860. The van der Waals surface area contributed by atoms with E-state index in [1.807, 2.05) is 24.3 Å². The Balaban J connectivity index is 2.33. The van der Waals surface area contributed by atoms with Crippen LogP contribution in [0.1, 0.15) is 51.0 Å². The predicted octanol–water partition coefficient (Wildman–Crippen LogP) is 4.07. The fourth-order valence-corrected chi connectivity index (χ4v) is 3.18. The summed E-state index contributed by atoms with van der Waals surface area (Å²) in [5.74, 6) is 0.294. The van der Waals surface area contributed by atoms with Crippen LogP contribution >= 0.6 is 11.6 Å². The summed E-state index contributed by atoms with van der Waals surface area (Å²) in [6.07, 6.45) is 5.81. The molecule has 1 fully saturated rings. The van der Waals surface area contributed by atoms with Crippen molar-refractivity contribution >= 4 is 17.4 Å². The Kier molecular flexibility index (Phi) is 5.00. The molecule has 2 rings (SSSR count). The van der Waals surface area contributed by atoms with Crippen molar-refractivity contribution in [2.24, 2.45) is 0 Å². The van der Waals surface area contributed by atoms with Crippen LogP contribution in [0.3, 0.4) is 0 Å². The SMILES string of the molecule is CCCCNC1(c2ccccc2Cl)CCCCC1=O. The third kappa shape index (κ3) is 3.01. The smallest absolute Gasteiger partial charge is 0.157 e. The summed E-state index contributed by atoms with van der Waals surface area (Å²) in [6.45, 7) is 3.03. The van der Waals surface area contributed by atoms with Crippen LogP contribution in [-0.2, 0) is 10.3 Å². The first-order valence-electron chi connectivity index (χ1n) is 7.24. The average Bonchev–Trinajstić information content (AvgIpc) is 2.42. The van der Waals surface area contributed by atoms with Crippen molar-refractivity contribution in [3.8, 4) is 0 Å². The summed E-state index contributed by atoms with van der Waals surface area (Å²) in [5.41, 5.74) is 0.406. The second-order valence-corrected chi connectivity index (χ2v) is 5.70. The first-order chi connectivity index (χ1) is 9.20. The number of carbonyl (C=O) groups excluding carboxylic acids is 1. The van der Waals surface area contributed by atoms with E-state index in [4.69, 9.17) is 11.6 Å². The first kappa shape index (κ1) is 14.5. The summed E-state index contributed by atoms with van der Waals surface area (Å²) < 4.78 is 0. The zero-order valence-electron chi connectivity index (χ0n) is 11.5. The molecule has 0 saturated heterocycles. The molecule has 1 N–H and O–H groups in total. The highest BCUT2D eigenvalue weighted by Crippen LogP contribution is 2.37. The minimum Gasteiger partial charge on any atom is -0.301 e. The number of rotatable bonds is 5. The quantitative estimate of drug-likeness (QED) is 0.823. The normalized spacial score (nSPS) is 23.6. The fraction of sp³-hybridized carbons (Fsp3) is 0.562. The molecule has 0 bridgehead atoms. The minimum absolute atomic E-state index is 0.294. The standard InChI is InChI=1S/C16H22ClNO/c1-2-3-12-18-16(11-7-6-10-15(16)19)13-8-4-5-9-14(13)17/h4-5,8-9,18H,2-3,6-7,10-12H2,1H3. The highest BCUT2D eigenvalue weighted by molar-refractivity contribution is 6.31. The number of carbonyl (C=O) groups is 1. The van der Waals surface area contributed by atoms with Crippen molar-refractivity contribution < 1.29 is 4.79 Å². The summed E-state index contributed by atoms with van der Waals surface area (Å²) in [7, 11) is 0. The largest absolute Gasteiger partial charge is 0.301 e. The zero-order chi connectivity index (χ0) is 13.7. The Morgan fingerprint density at radius 2 is 2.11 bits per heavy atom. The first-order valence-corrected chi connectivity index (χ1v) is 7.62. The van der Waals surface area contributed by atoms with Crippen molar-refractivity contribution in [2.45, 2.75) is 51.0 Å². The predicted molar refractivity (Wildman–Crippen MR) is 79.5 cm³/mol. The lowest BCUT2D eigenvalue weighted by molar-refractivity contribution is -0.128. The van der Waals surface area contributed by atoms with Crippen LogP contribution < -0.4 is 5.32 Å². The molecule has 1 aliphatic rings. The van der Waals surface area contributed by atoms with E-state index in [2.05, 4.69) is 12.2 Å². The Morgan fingerprint density at radius 3 is 2.79 bits per heavy atom. The average molecular weight is 280 g/mol. The molecule has 0 aromatic heterocycles. The van der Waals surface area contributed by atoms with E-state index in [0.717, 1.165) is 44.2 Å². The van der Waals surface area contributed by atoms with Crippen LogP contribution in [0.5, 0.6) is 0 Å². The summed E-state index contributed by atoms with van der Waals surface area (Å²) in [6, 6.07) is 7.75. The maximum absolute atomic E-state index is 12.5. The maximum Gasteiger partial charge on any atom is 0.157 e. The van der Waals surface area contributed by atoms with Crippen LogP contribution in [0.15, 0.2) is 24.3 Å². The molecule has 19 heavy (non-hydrogen) atoms. The van der Waals surface area contributed by atoms with Gasteiger partial charge < -0.3 is 5.32 Å². The van der Waals surface area contributed by atoms with E-state index in [1.54, 1.807) is 0 Å². The Bertz CT molecular complexity index is 446. The van der Waals surface area contributed by atoms with E-state index < -0.39 is 5.54 Å². The molecule has 104 valence electrons. The lowest BCUT2D eigenvalue weighted by Crippen LogP contribution is -2.51. The van der Waals surface area contributed by atoms with Gasteiger partial charge in [0.1, 0.15) is 5.54 Å². The molecule has 0 amide bonds. The van der Waals surface area contributed by atoms with Gasteiger partial charge in [-0.05, 0) is 37.4 Å². The van der Waals surface area contributed by atoms with E-state index in [9.17, 15) is 4.79 Å². The molecule has 1 saturated carbocycles. The van der Waals surface area contributed by atoms with Gasteiger partial charge in [0.05, 0.1) is 0 Å². The number of Topliss-reactive ketones (excluding diaryl/α,β-unsaturated/α-hetero) is 1. The van der Waals surface area contributed by atoms with Gasteiger partial charge in [-0.25, -0.2) is 0 Å². The molecule has 0 spiro atoms. The van der Waals surface area contributed by atoms with Crippen molar-refractivity contribution in [3.63, 3.8) is 0 Å². The van der Waals surface area contributed by atoms with Gasteiger partial charge in [0.25, 0.3) is 0 Å². The molecule has 3 heteroatoms. The summed E-state index contributed by atoms with van der Waals surface area (Å²) in [5, 5.41) is 4.20. The van der Waals surface area contributed by atoms with Crippen LogP contribution in [0.4, 0.5) is 0 Å². The summed E-state index contributed by atoms with van der Waals surface area (Å²) >= 11 is 6.33. The van der Waals surface area contributed by atoms with Gasteiger partial charge >= 0.3 is 0 Å². The maximum atomic E-state index is 12.5. The number of halogens is 1. The third-order valence-electron chi connectivity index (χ3n) is 3.97. The van der Waals surface area contributed by atoms with Gasteiger partial charge in [0.15, 0.2) is 5.78 Å². The second kappa shape index (κ2) is 6.53. The highest BCUT2D eigenvalue weighted by atomic mass is 35.5. The van der Waals surface area contributed by atoms with Crippen molar-refractivity contribution in [1.29, 1.82) is 0 Å². The number of ketones is 1. The molecule has 2 nitrogen and oxygen atoms in total. The molecule has 0 aliphatic heterocycles. The molecule has 1 unspecified atom stereocenters. The molecule has 0 radical (unpaired) electrons. The van der Waals surface area contributed by atoms with Crippen LogP contribution in [0, 0.1) is 0 Å². The molecule has 1 aliphatic carbocycles. The van der Waals surface area contributed by atoms with Crippen LogP contribution in [0.25, 0.3) is 0 Å². The van der Waals surface area contributed by atoms with Gasteiger partial charge in [-0.3, -0.25) is 4.79 Å². The van der Waals surface area contributed by atoms with Crippen molar-refractivity contribution in [1.82, 2.24) is 5.32 Å². The highest BCUT2D eigenvalue weighted by Gasteiger charge is 2.41. The summed E-state index contributed by atoms with van der Waals surface area (Å²) in [4.78, 5) is 12.5. The zero-order valence-corrected chi connectivity index (χ0v) is 12.3. The third-order valence-corrected chi connectivity index (χ3v) is 4.30. The second-order valence-electron chi connectivity index (χ2n) is 5.30. The number of hydrogen-bond donors (Lipinski definition) is 1. The van der Waals surface area contributed by atoms with Gasteiger partial charge in [-0.15, -0.1) is 0 Å². The van der Waals surface area contributed by atoms with Gasteiger partial charge in [-0.1, -0.05) is 49.6 Å². The van der Waals surface area contributed by atoms with E-state index in [0.29, 0.717) is 17.2 Å². The van der Waals surface area contributed by atoms with E-state index >= 15 is 0 Å². The molecule has 1 atom stereocenters. The number of hydrogen-bond acceptors (Lipinski definition) is 2. The van der Waals surface area contributed by atoms with E-state index in [-0.39, 0.29) is 0 Å². The number of unbranched alkanes of at least 4 members (excludes halogenated alkanes) is 1. The Morgan fingerprint density at radius 1 is 1.32 bits per heavy atom. The molecule has 0 heterocycles. The molecule has 1 aromatic carbocycles. The van der Waals surface area contributed by atoms with Crippen molar-refractivity contribution in [3.05, 3.63) is 34.9 Å². The van der Waals surface area contributed by atoms with Gasteiger partial charge in [-0.2, -0.15) is 0 Å². The van der Waals surface area contributed by atoms with E-state index in [1.165, 1.54) is 0 Å². The number of benzene rings is 1. The molecular weight excluding hydrogens is 258 g/mol. The van der Waals surface area contributed by atoms with Crippen LogP contribution in [-0.4, -0.2) is 12.3 Å². The molecular formula is C16H22ClNO. The lowest BCUT2D eigenvalue weighted by atomic mass is 9.75. The lowest BCUT2D eigenvalue weighted by Gasteiger charge is -2.38.